The van der Waals surface area contributed by atoms with Gasteiger partial charge in [-0.1, -0.05) is 11.6 Å². The topological polar surface area (TPSA) is 45.2 Å². The molecule has 1 amide bonds. The van der Waals surface area contributed by atoms with Gasteiger partial charge >= 0.3 is 0 Å². The number of carbonyl (C=O) groups is 1. The molecule has 0 bridgehead atoms. The van der Waals surface area contributed by atoms with E-state index < -0.39 is 0 Å². The Morgan fingerprint density at radius 1 is 1.29 bits per heavy atom. The highest BCUT2D eigenvalue weighted by Gasteiger charge is 2.25. The molecule has 0 spiro atoms. The van der Waals surface area contributed by atoms with Crippen molar-refractivity contribution in [2.24, 2.45) is 5.92 Å². The van der Waals surface area contributed by atoms with Crippen LogP contribution in [0, 0.1) is 12.8 Å². The predicted octanol–water partition coefficient (Wildman–Crippen LogP) is 2.51. The zero-order valence-electron chi connectivity index (χ0n) is 12.6. The van der Waals surface area contributed by atoms with E-state index in [1.54, 1.807) is 7.05 Å². The van der Waals surface area contributed by atoms with Crippen molar-refractivity contribution < 1.29 is 4.79 Å². The van der Waals surface area contributed by atoms with Crippen LogP contribution in [0.25, 0.3) is 10.9 Å². The van der Waals surface area contributed by atoms with E-state index in [9.17, 15) is 4.79 Å². The summed E-state index contributed by atoms with van der Waals surface area (Å²) < 4.78 is 0. The van der Waals surface area contributed by atoms with Gasteiger partial charge in [0.05, 0.1) is 5.52 Å². The molecule has 0 saturated carbocycles. The largest absolute Gasteiger partial charge is 0.371 e. The first-order chi connectivity index (χ1) is 10.2. The fraction of sp³-hybridized carbons (Fsp3) is 0.412. The summed E-state index contributed by atoms with van der Waals surface area (Å²) in [6.45, 7) is 3.95. The summed E-state index contributed by atoms with van der Waals surface area (Å²) in [4.78, 5) is 18.5. The molecule has 1 aromatic heterocycles. The minimum Gasteiger partial charge on any atom is -0.371 e. The number of benzene rings is 1. The summed E-state index contributed by atoms with van der Waals surface area (Å²) in [5.41, 5.74) is 3.52. The summed E-state index contributed by atoms with van der Waals surface area (Å²) in [7, 11) is 1.72. The Bertz CT molecular complexity index is 660. The van der Waals surface area contributed by atoms with Gasteiger partial charge in [0, 0.05) is 43.3 Å². The standard InChI is InChI=1S/C17H21N3O/c1-12-3-4-15-14(11-12)16(5-8-19-15)20-9-6-13(7-10-20)17(21)18-2/h3-5,8,11,13H,6-7,9-10H2,1-2H3,(H,18,21). The maximum absolute atomic E-state index is 11.7. The third kappa shape index (κ3) is 2.71. The maximum Gasteiger partial charge on any atom is 0.222 e. The first-order valence-electron chi connectivity index (χ1n) is 7.51. The minimum atomic E-state index is 0.154. The molecule has 0 aliphatic carbocycles. The van der Waals surface area contributed by atoms with Crippen LogP contribution >= 0.6 is 0 Å². The smallest absolute Gasteiger partial charge is 0.222 e. The average molecular weight is 283 g/mol. The van der Waals surface area contributed by atoms with Crippen LogP contribution in [0.2, 0.25) is 0 Å². The molecule has 4 nitrogen and oxygen atoms in total. The molecule has 1 aromatic carbocycles. The molecular weight excluding hydrogens is 262 g/mol. The van der Waals surface area contributed by atoms with Crippen LogP contribution in [0.5, 0.6) is 0 Å². The molecule has 2 heterocycles. The third-order valence-corrected chi connectivity index (χ3v) is 4.33. The van der Waals surface area contributed by atoms with Crippen LogP contribution in [-0.2, 0) is 4.79 Å². The number of carbonyl (C=O) groups excluding carboxylic acids is 1. The molecule has 0 unspecified atom stereocenters. The Kier molecular flexibility index (Phi) is 3.78. The number of hydrogen-bond acceptors (Lipinski definition) is 3. The quantitative estimate of drug-likeness (QED) is 0.921. The van der Waals surface area contributed by atoms with Crippen molar-refractivity contribution in [1.29, 1.82) is 0 Å². The van der Waals surface area contributed by atoms with Gasteiger partial charge in [-0.3, -0.25) is 9.78 Å². The van der Waals surface area contributed by atoms with Crippen molar-refractivity contribution >= 4 is 22.5 Å². The minimum absolute atomic E-state index is 0.154. The van der Waals surface area contributed by atoms with Crippen LogP contribution in [0.3, 0.4) is 0 Å². The molecule has 1 aliphatic heterocycles. The molecule has 1 N–H and O–H groups in total. The van der Waals surface area contributed by atoms with Gasteiger partial charge in [-0.25, -0.2) is 0 Å². The molecule has 4 heteroatoms. The highest BCUT2D eigenvalue weighted by atomic mass is 16.1. The summed E-state index contributed by atoms with van der Waals surface area (Å²) in [5, 5.41) is 3.96. The lowest BCUT2D eigenvalue weighted by Crippen LogP contribution is -2.39. The SMILES string of the molecule is CNC(=O)C1CCN(c2ccnc3ccc(C)cc23)CC1. The number of rotatable bonds is 2. The van der Waals surface area contributed by atoms with Crippen LogP contribution in [-0.4, -0.2) is 31.0 Å². The molecular formula is C17H21N3O. The maximum atomic E-state index is 11.7. The lowest BCUT2D eigenvalue weighted by molar-refractivity contribution is -0.125. The van der Waals surface area contributed by atoms with E-state index in [0.29, 0.717) is 0 Å². The molecule has 3 rings (SSSR count). The van der Waals surface area contributed by atoms with E-state index in [-0.39, 0.29) is 11.8 Å². The monoisotopic (exact) mass is 283 g/mol. The fourth-order valence-electron chi connectivity index (χ4n) is 3.11. The molecule has 21 heavy (non-hydrogen) atoms. The average Bonchev–Trinajstić information content (AvgIpc) is 2.53. The second-order valence-corrected chi connectivity index (χ2v) is 5.73. The normalized spacial score (nSPS) is 16.2. The second kappa shape index (κ2) is 5.72. The zero-order chi connectivity index (χ0) is 14.8. The van der Waals surface area contributed by atoms with E-state index in [1.165, 1.54) is 16.6 Å². The number of anilines is 1. The van der Waals surface area contributed by atoms with E-state index in [0.717, 1.165) is 31.4 Å². The lowest BCUT2D eigenvalue weighted by Gasteiger charge is -2.33. The lowest BCUT2D eigenvalue weighted by atomic mass is 9.95. The molecule has 1 saturated heterocycles. The van der Waals surface area contributed by atoms with Crippen LogP contribution in [0.15, 0.2) is 30.5 Å². The third-order valence-electron chi connectivity index (χ3n) is 4.33. The Morgan fingerprint density at radius 2 is 2.05 bits per heavy atom. The number of aromatic nitrogens is 1. The molecule has 110 valence electrons. The van der Waals surface area contributed by atoms with Crippen molar-refractivity contribution in [3.63, 3.8) is 0 Å². The highest BCUT2D eigenvalue weighted by Crippen LogP contribution is 2.29. The molecule has 2 aromatic rings. The summed E-state index contributed by atoms with van der Waals surface area (Å²) in [6.07, 6.45) is 3.70. The fourth-order valence-corrected chi connectivity index (χ4v) is 3.11. The number of hydrogen-bond donors (Lipinski definition) is 1. The van der Waals surface area contributed by atoms with Crippen molar-refractivity contribution in [2.45, 2.75) is 19.8 Å². The highest BCUT2D eigenvalue weighted by molar-refractivity contribution is 5.92. The molecule has 0 atom stereocenters. The summed E-state index contributed by atoms with van der Waals surface area (Å²) in [6, 6.07) is 8.45. The van der Waals surface area contributed by atoms with Crippen molar-refractivity contribution in [3.05, 3.63) is 36.0 Å². The zero-order valence-corrected chi connectivity index (χ0v) is 12.6. The number of aryl methyl sites for hydroxylation is 1. The number of piperidine rings is 1. The van der Waals surface area contributed by atoms with Crippen LogP contribution in [0.1, 0.15) is 18.4 Å². The Hall–Kier alpha value is -2.10. The Labute approximate surface area is 125 Å². The number of amides is 1. The van der Waals surface area contributed by atoms with Gasteiger partial charge in [0.15, 0.2) is 0 Å². The summed E-state index contributed by atoms with van der Waals surface area (Å²) in [5.74, 6) is 0.325. The van der Waals surface area contributed by atoms with Gasteiger partial charge in [-0.2, -0.15) is 0 Å². The van der Waals surface area contributed by atoms with Crippen LogP contribution < -0.4 is 10.2 Å². The van der Waals surface area contributed by atoms with E-state index in [4.69, 9.17) is 0 Å². The molecule has 1 aliphatic rings. The van der Waals surface area contributed by atoms with Crippen molar-refractivity contribution in [1.82, 2.24) is 10.3 Å². The van der Waals surface area contributed by atoms with Gasteiger partial charge in [-0.15, -0.1) is 0 Å². The van der Waals surface area contributed by atoms with Gasteiger partial charge in [0.1, 0.15) is 0 Å². The van der Waals surface area contributed by atoms with Crippen LogP contribution in [0.4, 0.5) is 5.69 Å². The van der Waals surface area contributed by atoms with Crippen molar-refractivity contribution in [2.75, 3.05) is 25.0 Å². The van der Waals surface area contributed by atoms with Gasteiger partial charge in [0.2, 0.25) is 5.91 Å². The Morgan fingerprint density at radius 3 is 2.76 bits per heavy atom. The van der Waals surface area contributed by atoms with E-state index in [1.807, 2.05) is 6.20 Å². The van der Waals surface area contributed by atoms with Gasteiger partial charge in [-0.05, 0) is 38.0 Å². The van der Waals surface area contributed by atoms with Gasteiger partial charge < -0.3 is 10.2 Å². The van der Waals surface area contributed by atoms with E-state index >= 15 is 0 Å². The van der Waals surface area contributed by atoms with Gasteiger partial charge in [0.25, 0.3) is 0 Å². The number of fused-ring (bicyclic) bond motifs is 1. The number of nitrogens with one attached hydrogen (secondary N) is 1. The first-order valence-corrected chi connectivity index (χ1v) is 7.51. The summed E-state index contributed by atoms with van der Waals surface area (Å²) >= 11 is 0. The van der Waals surface area contributed by atoms with Crippen molar-refractivity contribution in [3.8, 4) is 0 Å². The second-order valence-electron chi connectivity index (χ2n) is 5.73. The number of nitrogens with zero attached hydrogens (tertiary/aromatic N) is 2. The predicted molar refractivity (Wildman–Crippen MR) is 85.5 cm³/mol. The molecule has 1 fully saturated rings. The van der Waals surface area contributed by atoms with E-state index in [2.05, 4.69) is 46.4 Å². The number of pyridine rings is 1. The Balaban J connectivity index is 1.85. The first kappa shape index (κ1) is 13.9. The molecule has 0 radical (unpaired) electrons.